The van der Waals surface area contributed by atoms with Gasteiger partial charge in [0.25, 0.3) is 5.91 Å². The second-order valence-electron chi connectivity index (χ2n) is 8.49. The van der Waals surface area contributed by atoms with Crippen molar-refractivity contribution in [2.45, 2.75) is 57.6 Å². The number of primary amides is 1. The number of aromatic nitrogens is 2. The van der Waals surface area contributed by atoms with E-state index in [1.54, 1.807) is 27.0 Å². The van der Waals surface area contributed by atoms with Crippen molar-refractivity contribution in [2.24, 2.45) is 5.73 Å². The molecule has 0 saturated carbocycles. The van der Waals surface area contributed by atoms with Crippen LogP contribution in [0.3, 0.4) is 0 Å². The zero-order valence-corrected chi connectivity index (χ0v) is 19.2. The fourth-order valence-electron chi connectivity index (χ4n) is 3.26. The molecule has 174 valence electrons. The van der Waals surface area contributed by atoms with Crippen molar-refractivity contribution in [1.29, 1.82) is 0 Å². The molecule has 0 spiro atoms. The van der Waals surface area contributed by atoms with Gasteiger partial charge in [0.05, 0.1) is 6.20 Å². The van der Waals surface area contributed by atoms with Crippen molar-refractivity contribution in [2.75, 3.05) is 17.7 Å². The van der Waals surface area contributed by atoms with Gasteiger partial charge >= 0.3 is 11.9 Å². The number of amides is 2. The fraction of sp³-hybridized carbons (Fsp3) is 0.550. The summed E-state index contributed by atoms with van der Waals surface area (Å²) in [6.45, 7) is 6.40. The first-order valence-corrected chi connectivity index (χ1v) is 11.1. The predicted octanol–water partition coefficient (Wildman–Crippen LogP) is 0.682. The van der Waals surface area contributed by atoms with Crippen molar-refractivity contribution in [1.82, 2.24) is 14.9 Å². The number of aromatic amines is 1. The Kier molecular flexibility index (Phi) is 6.82. The number of esters is 2. The molecule has 1 saturated heterocycles. The number of β-lactam (4-membered cyclic amide) rings is 1. The summed E-state index contributed by atoms with van der Waals surface area (Å²) in [4.78, 5) is 56.7. The van der Waals surface area contributed by atoms with E-state index in [0.717, 1.165) is 0 Å². The number of imidazole rings is 1. The zero-order chi connectivity index (χ0) is 23.6. The monoisotopic (exact) mass is 465 g/mol. The molecule has 2 atom stereocenters. The highest BCUT2D eigenvalue weighted by atomic mass is 32.2. The van der Waals surface area contributed by atoms with Crippen LogP contribution >= 0.6 is 11.8 Å². The molecule has 4 N–H and O–H groups in total. The molecule has 2 aliphatic rings. The van der Waals surface area contributed by atoms with E-state index >= 15 is 0 Å². The number of rotatable bonds is 8. The Balaban J connectivity index is 1.76. The van der Waals surface area contributed by atoms with Crippen molar-refractivity contribution in [3.63, 3.8) is 0 Å². The van der Waals surface area contributed by atoms with Crippen molar-refractivity contribution < 1.29 is 28.7 Å². The van der Waals surface area contributed by atoms with Crippen LogP contribution in [0.2, 0.25) is 0 Å². The van der Waals surface area contributed by atoms with Gasteiger partial charge in [-0.3, -0.25) is 19.3 Å². The van der Waals surface area contributed by atoms with Crippen molar-refractivity contribution in [3.8, 4) is 0 Å². The molecule has 12 heteroatoms. The minimum absolute atomic E-state index is 0.0904. The standard InChI is InChI=1S/C20H27N5O6S/c1-10(26)30-8-11-9-32-17-14(24-19-22-7-12(23-19)5-6-13(21)27)16(28)25(17)15(11)18(29)31-20(2,3)4/h7,14,17H,5-6,8-9H2,1-4H3,(H2,21,27)(H2,22,23,24)/t14?,17-/m0/s1. The average molecular weight is 466 g/mol. The van der Waals surface area contributed by atoms with E-state index in [4.69, 9.17) is 15.2 Å². The Bertz CT molecular complexity index is 966. The second-order valence-corrected chi connectivity index (χ2v) is 9.59. The molecule has 0 radical (unpaired) electrons. The summed E-state index contributed by atoms with van der Waals surface area (Å²) in [5.74, 6) is -1.06. The van der Waals surface area contributed by atoms with Gasteiger partial charge in [-0.1, -0.05) is 0 Å². The number of carbonyl (C=O) groups excluding carboxylic acids is 4. The van der Waals surface area contributed by atoms with Crippen LogP contribution in [0, 0.1) is 0 Å². The number of carbonyl (C=O) groups is 4. The van der Waals surface area contributed by atoms with Crippen LogP contribution < -0.4 is 11.1 Å². The molecule has 2 amide bonds. The van der Waals surface area contributed by atoms with Crippen LogP contribution in [0.15, 0.2) is 17.5 Å². The van der Waals surface area contributed by atoms with Gasteiger partial charge in [-0.05, 0) is 27.2 Å². The first kappa shape index (κ1) is 23.6. The molecule has 1 aromatic heterocycles. The molecule has 1 fully saturated rings. The summed E-state index contributed by atoms with van der Waals surface area (Å²) < 4.78 is 10.6. The lowest BCUT2D eigenvalue weighted by Crippen LogP contribution is -2.68. The predicted molar refractivity (Wildman–Crippen MR) is 116 cm³/mol. The Labute approximate surface area is 189 Å². The Hall–Kier alpha value is -3.02. The third-order valence-corrected chi connectivity index (χ3v) is 5.99. The minimum atomic E-state index is -0.752. The van der Waals surface area contributed by atoms with E-state index in [1.165, 1.54) is 23.6 Å². The van der Waals surface area contributed by atoms with E-state index in [9.17, 15) is 19.2 Å². The molecule has 1 unspecified atom stereocenters. The number of aryl methyl sites for hydroxylation is 1. The van der Waals surface area contributed by atoms with E-state index in [2.05, 4.69) is 15.3 Å². The highest BCUT2D eigenvalue weighted by molar-refractivity contribution is 8.00. The molecule has 11 nitrogen and oxygen atoms in total. The fourth-order valence-corrected chi connectivity index (χ4v) is 4.59. The minimum Gasteiger partial charge on any atom is -0.461 e. The number of H-pyrrole nitrogens is 1. The van der Waals surface area contributed by atoms with Crippen molar-refractivity contribution in [3.05, 3.63) is 23.2 Å². The summed E-state index contributed by atoms with van der Waals surface area (Å²) >= 11 is 1.45. The average Bonchev–Trinajstić information content (AvgIpc) is 3.14. The van der Waals surface area contributed by atoms with Gasteiger partial charge in [0, 0.05) is 30.4 Å². The molecule has 3 rings (SSSR count). The highest BCUT2D eigenvalue weighted by Gasteiger charge is 2.54. The smallest absolute Gasteiger partial charge is 0.355 e. The summed E-state index contributed by atoms with van der Waals surface area (Å²) in [5.41, 5.74) is 5.77. The van der Waals surface area contributed by atoms with Gasteiger partial charge in [0.1, 0.15) is 29.3 Å². The number of thioether (sulfide) groups is 1. The normalized spacial score (nSPS) is 20.4. The first-order chi connectivity index (χ1) is 15.0. The summed E-state index contributed by atoms with van der Waals surface area (Å²) in [7, 11) is 0. The first-order valence-electron chi connectivity index (χ1n) is 10.1. The molecule has 0 aromatic carbocycles. The number of fused-ring (bicyclic) bond motifs is 1. The molecule has 0 aliphatic carbocycles. The maximum atomic E-state index is 13.0. The number of anilines is 1. The lowest BCUT2D eigenvalue weighted by atomic mass is 10.0. The van der Waals surface area contributed by atoms with E-state index in [-0.39, 0.29) is 30.0 Å². The maximum absolute atomic E-state index is 13.0. The van der Waals surface area contributed by atoms with Gasteiger partial charge < -0.3 is 25.5 Å². The van der Waals surface area contributed by atoms with E-state index in [1.807, 2.05) is 0 Å². The van der Waals surface area contributed by atoms with Crippen LogP contribution in [0.5, 0.6) is 0 Å². The van der Waals surface area contributed by atoms with Gasteiger partial charge in [-0.2, -0.15) is 0 Å². The molecule has 2 aliphatic heterocycles. The summed E-state index contributed by atoms with van der Waals surface area (Å²) in [6.07, 6.45) is 2.17. The molecule has 32 heavy (non-hydrogen) atoms. The lowest BCUT2D eigenvalue weighted by Gasteiger charge is -2.49. The zero-order valence-electron chi connectivity index (χ0n) is 18.4. The van der Waals surface area contributed by atoms with Gasteiger partial charge in [-0.15, -0.1) is 11.8 Å². The Morgan fingerprint density at radius 3 is 2.72 bits per heavy atom. The molecular formula is C20H27N5O6S. The number of nitrogens with zero attached hydrogens (tertiary/aromatic N) is 2. The number of nitrogens with two attached hydrogens (primary N) is 1. The number of hydrogen-bond acceptors (Lipinski definition) is 9. The largest absolute Gasteiger partial charge is 0.461 e. The molecule has 3 heterocycles. The quantitative estimate of drug-likeness (QED) is 0.371. The van der Waals surface area contributed by atoms with Gasteiger partial charge in [-0.25, -0.2) is 9.78 Å². The van der Waals surface area contributed by atoms with Crippen LogP contribution in [-0.2, 0) is 35.1 Å². The highest BCUT2D eigenvalue weighted by Crippen LogP contribution is 2.42. The number of ether oxygens (including phenoxy) is 2. The lowest BCUT2D eigenvalue weighted by molar-refractivity contribution is -0.157. The second kappa shape index (κ2) is 9.23. The number of nitrogens with one attached hydrogen (secondary N) is 2. The summed E-state index contributed by atoms with van der Waals surface area (Å²) in [5, 5.41) is 2.70. The van der Waals surface area contributed by atoms with E-state index < -0.39 is 29.5 Å². The maximum Gasteiger partial charge on any atom is 0.355 e. The van der Waals surface area contributed by atoms with Crippen LogP contribution in [0.1, 0.15) is 39.8 Å². The Morgan fingerprint density at radius 1 is 1.38 bits per heavy atom. The number of hydrogen-bond donors (Lipinski definition) is 3. The van der Waals surface area contributed by atoms with Crippen LogP contribution in [0.25, 0.3) is 0 Å². The Morgan fingerprint density at radius 2 is 2.09 bits per heavy atom. The van der Waals surface area contributed by atoms with Crippen LogP contribution in [-0.4, -0.2) is 68.0 Å². The third kappa shape index (κ3) is 5.42. The van der Waals surface area contributed by atoms with Crippen molar-refractivity contribution >= 4 is 41.5 Å². The molecular weight excluding hydrogens is 438 g/mol. The SMILES string of the molecule is CC(=O)OCC1=C(C(=O)OC(C)(C)C)N2C(=O)C(Nc3ncc(CCC(N)=O)[nH]3)[C@@H]2SC1. The van der Waals surface area contributed by atoms with E-state index in [0.29, 0.717) is 29.4 Å². The van der Waals surface area contributed by atoms with Crippen LogP contribution in [0.4, 0.5) is 5.95 Å². The topological polar surface area (TPSA) is 157 Å². The van der Waals surface area contributed by atoms with Gasteiger partial charge in [0.2, 0.25) is 11.9 Å². The molecule has 1 aromatic rings. The molecule has 0 bridgehead atoms. The third-order valence-electron chi connectivity index (χ3n) is 4.65. The van der Waals surface area contributed by atoms with Gasteiger partial charge in [0.15, 0.2) is 0 Å². The summed E-state index contributed by atoms with van der Waals surface area (Å²) in [6, 6.07) is -0.608.